The van der Waals surface area contributed by atoms with Gasteiger partial charge in [0.15, 0.2) is 4.80 Å². The van der Waals surface area contributed by atoms with Crippen molar-refractivity contribution >= 4 is 39.3 Å². The molecule has 0 saturated heterocycles. The lowest BCUT2D eigenvalue weighted by Crippen LogP contribution is -2.23. The van der Waals surface area contributed by atoms with Gasteiger partial charge in [0, 0.05) is 0 Å². The Kier molecular flexibility index (Phi) is 5.12. The van der Waals surface area contributed by atoms with Gasteiger partial charge in [0.1, 0.15) is 17.3 Å². The Hall–Kier alpha value is -3.34. The maximum atomic E-state index is 13.5. The quantitative estimate of drug-likeness (QED) is 0.374. The summed E-state index contributed by atoms with van der Waals surface area (Å²) in [4.78, 5) is 38.0. The van der Waals surface area contributed by atoms with Crippen molar-refractivity contribution in [2.24, 2.45) is 4.99 Å². The molecule has 0 spiro atoms. The van der Waals surface area contributed by atoms with E-state index in [0.717, 1.165) is 23.5 Å². The summed E-state index contributed by atoms with van der Waals surface area (Å²) < 4.78 is 25.1. The normalized spacial score (nSPS) is 11.7. The van der Waals surface area contributed by atoms with E-state index < -0.39 is 28.5 Å². The molecule has 0 saturated carbocycles. The number of benzene rings is 1. The summed E-state index contributed by atoms with van der Waals surface area (Å²) in [5.74, 6) is -2.82. The Balaban J connectivity index is 2.07. The molecular formula is C16H12FN3O6S. The molecule has 0 fully saturated rings. The van der Waals surface area contributed by atoms with Crippen LogP contribution in [-0.4, -0.2) is 28.0 Å². The highest BCUT2D eigenvalue weighted by molar-refractivity contribution is 7.16. The highest BCUT2D eigenvalue weighted by atomic mass is 32.1. The van der Waals surface area contributed by atoms with Crippen molar-refractivity contribution in [3.05, 3.63) is 56.8 Å². The van der Waals surface area contributed by atoms with Crippen LogP contribution in [0.25, 0.3) is 10.2 Å². The molecule has 0 radical (unpaired) electrons. The Morgan fingerprint density at radius 3 is 2.81 bits per heavy atom. The number of ether oxygens (including phenoxy) is 1. The predicted molar refractivity (Wildman–Crippen MR) is 91.7 cm³/mol. The summed E-state index contributed by atoms with van der Waals surface area (Å²) in [7, 11) is 0. The molecule has 0 aliphatic rings. The van der Waals surface area contributed by atoms with Crippen LogP contribution >= 0.6 is 11.3 Å². The lowest BCUT2D eigenvalue weighted by Gasteiger charge is -2.04. The second-order valence-electron chi connectivity index (χ2n) is 5.20. The van der Waals surface area contributed by atoms with Gasteiger partial charge in [-0.2, -0.15) is 4.99 Å². The Morgan fingerprint density at radius 1 is 1.37 bits per heavy atom. The largest absolute Gasteiger partial charge is 0.465 e. The third kappa shape index (κ3) is 3.92. The number of thiazole rings is 1. The van der Waals surface area contributed by atoms with E-state index in [0.29, 0.717) is 10.2 Å². The van der Waals surface area contributed by atoms with Crippen molar-refractivity contribution in [1.82, 2.24) is 4.57 Å². The lowest BCUT2D eigenvalue weighted by atomic mass is 10.3. The summed E-state index contributed by atoms with van der Waals surface area (Å²) in [6.07, 6.45) is 0. The number of rotatable bonds is 5. The van der Waals surface area contributed by atoms with E-state index in [1.807, 2.05) is 0 Å². The van der Waals surface area contributed by atoms with Gasteiger partial charge in [0.25, 0.3) is 0 Å². The summed E-state index contributed by atoms with van der Waals surface area (Å²) in [5.41, 5.74) is 0.492. The second kappa shape index (κ2) is 7.50. The zero-order chi connectivity index (χ0) is 19.6. The number of hydrogen-bond donors (Lipinski definition) is 0. The number of halogens is 1. The average molecular weight is 393 g/mol. The van der Waals surface area contributed by atoms with E-state index in [2.05, 4.69) is 4.99 Å². The fraction of sp³-hybridized carbons (Fsp3) is 0.188. The van der Waals surface area contributed by atoms with Crippen LogP contribution in [0.5, 0.6) is 0 Å². The van der Waals surface area contributed by atoms with Gasteiger partial charge in [-0.05, 0) is 31.2 Å². The number of furan rings is 1. The second-order valence-corrected chi connectivity index (χ2v) is 6.21. The predicted octanol–water partition coefficient (Wildman–Crippen LogP) is 2.65. The van der Waals surface area contributed by atoms with E-state index >= 15 is 0 Å². The van der Waals surface area contributed by atoms with Crippen LogP contribution in [0.1, 0.15) is 17.5 Å². The first-order valence-electron chi connectivity index (χ1n) is 7.67. The van der Waals surface area contributed by atoms with Crippen molar-refractivity contribution < 1.29 is 28.1 Å². The first-order chi connectivity index (χ1) is 12.9. The van der Waals surface area contributed by atoms with Crippen LogP contribution in [0.3, 0.4) is 0 Å². The van der Waals surface area contributed by atoms with Crippen LogP contribution in [0.2, 0.25) is 0 Å². The minimum absolute atomic E-state index is 0.104. The minimum Gasteiger partial charge on any atom is -0.465 e. The summed E-state index contributed by atoms with van der Waals surface area (Å²) >= 11 is 0.986. The van der Waals surface area contributed by atoms with E-state index in [1.165, 1.54) is 22.8 Å². The van der Waals surface area contributed by atoms with Crippen LogP contribution in [0, 0.1) is 15.9 Å². The zero-order valence-electron chi connectivity index (χ0n) is 13.9. The molecule has 2 aromatic heterocycles. The van der Waals surface area contributed by atoms with Gasteiger partial charge in [-0.3, -0.25) is 19.7 Å². The summed E-state index contributed by atoms with van der Waals surface area (Å²) in [6, 6.07) is 6.10. The summed E-state index contributed by atoms with van der Waals surface area (Å²) in [5, 5.41) is 10.7. The van der Waals surface area contributed by atoms with Gasteiger partial charge in [0.05, 0.1) is 22.9 Å². The van der Waals surface area contributed by atoms with Gasteiger partial charge in [-0.25, -0.2) is 4.39 Å². The van der Waals surface area contributed by atoms with Crippen LogP contribution < -0.4 is 4.80 Å². The van der Waals surface area contributed by atoms with Gasteiger partial charge < -0.3 is 13.7 Å². The van der Waals surface area contributed by atoms with Crippen molar-refractivity contribution in [2.45, 2.75) is 13.5 Å². The Labute approximate surface area is 154 Å². The molecular weight excluding hydrogens is 381 g/mol. The maximum absolute atomic E-state index is 13.5. The third-order valence-corrected chi connectivity index (χ3v) is 4.46. The van der Waals surface area contributed by atoms with Crippen molar-refractivity contribution in [3.8, 4) is 0 Å². The van der Waals surface area contributed by atoms with Gasteiger partial charge in [0.2, 0.25) is 5.76 Å². The van der Waals surface area contributed by atoms with Gasteiger partial charge >= 0.3 is 17.8 Å². The molecule has 1 aromatic carbocycles. The number of nitrogens with zero attached hydrogens (tertiary/aromatic N) is 3. The van der Waals surface area contributed by atoms with Crippen LogP contribution in [0.4, 0.5) is 10.3 Å². The molecule has 0 aliphatic carbocycles. The molecule has 27 heavy (non-hydrogen) atoms. The standard InChI is InChI=1S/C16H12FN3O6S/c1-2-25-14(21)8-19-10-4-3-9(17)7-12(10)27-16(19)18-15(22)11-5-6-13(26-11)20(23)24/h3-7H,2,8H2,1H3. The number of fused-ring (bicyclic) bond motifs is 1. The van der Waals surface area contributed by atoms with E-state index in [9.17, 15) is 24.1 Å². The third-order valence-electron chi connectivity index (χ3n) is 3.42. The van der Waals surface area contributed by atoms with Crippen molar-refractivity contribution in [1.29, 1.82) is 0 Å². The van der Waals surface area contributed by atoms with E-state index in [1.54, 1.807) is 6.92 Å². The number of aromatic nitrogens is 1. The minimum atomic E-state index is -0.868. The molecule has 9 nitrogen and oxygen atoms in total. The molecule has 1 amide bonds. The van der Waals surface area contributed by atoms with Crippen molar-refractivity contribution in [2.75, 3.05) is 6.61 Å². The van der Waals surface area contributed by atoms with Crippen LogP contribution in [0.15, 0.2) is 39.7 Å². The van der Waals surface area contributed by atoms with E-state index in [-0.39, 0.29) is 23.7 Å². The molecule has 0 bridgehead atoms. The molecule has 3 aromatic rings. The molecule has 0 unspecified atom stereocenters. The molecule has 2 heterocycles. The van der Waals surface area contributed by atoms with E-state index in [4.69, 9.17) is 9.15 Å². The molecule has 0 aliphatic heterocycles. The Bertz CT molecular complexity index is 1110. The molecule has 140 valence electrons. The fourth-order valence-corrected chi connectivity index (χ4v) is 3.36. The first-order valence-corrected chi connectivity index (χ1v) is 8.48. The highest BCUT2D eigenvalue weighted by Crippen LogP contribution is 2.20. The molecule has 11 heteroatoms. The summed E-state index contributed by atoms with van der Waals surface area (Å²) in [6.45, 7) is 1.60. The topological polar surface area (TPSA) is 117 Å². The monoisotopic (exact) mass is 393 g/mol. The smallest absolute Gasteiger partial charge is 0.433 e. The van der Waals surface area contributed by atoms with Crippen LogP contribution in [-0.2, 0) is 16.1 Å². The molecule has 0 atom stereocenters. The number of amides is 1. The lowest BCUT2D eigenvalue weighted by molar-refractivity contribution is -0.402. The number of hydrogen-bond acceptors (Lipinski definition) is 7. The number of carbonyl (C=O) groups excluding carboxylic acids is 2. The van der Waals surface area contributed by atoms with Gasteiger partial charge in [-0.1, -0.05) is 11.3 Å². The highest BCUT2D eigenvalue weighted by Gasteiger charge is 2.18. The molecule has 3 rings (SSSR count). The maximum Gasteiger partial charge on any atom is 0.433 e. The number of esters is 1. The fourth-order valence-electron chi connectivity index (χ4n) is 2.30. The number of carbonyl (C=O) groups is 2. The Morgan fingerprint density at radius 2 is 2.15 bits per heavy atom. The number of nitro groups is 1. The average Bonchev–Trinajstić information content (AvgIpc) is 3.21. The van der Waals surface area contributed by atoms with Crippen molar-refractivity contribution in [3.63, 3.8) is 0 Å². The zero-order valence-corrected chi connectivity index (χ0v) is 14.7. The van der Waals surface area contributed by atoms with Gasteiger partial charge in [-0.15, -0.1) is 0 Å². The SMILES string of the molecule is CCOC(=O)Cn1c(=NC(=O)c2ccc([N+](=O)[O-])o2)sc2cc(F)ccc21. The molecule has 0 N–H and O–H groups in total. The first kappa shape index (κ1) is 18.5.